The number of hydrogen-bond acceptors (Lipinski definition) is 5. The van der Waals surface area contributed by atoms with E-state index in [4.69, 9.17) is 4.74 Å². The maximum Gasteiger partial charge on any atom is 0.229 e. The summed E-state index contributed by atoms with van der Waals surface area (Å²) in [6.45, 7) is 11.3. The fourth-order valence-electron chi connectivity index (χ4n) is 3.45. The summed E-state index contributed by atoms with van der Waals surface area (Å²) >= 11 is 1.65. The van der Waals surface area contributed by atoms with Crippen molar-refractivity contribution >= 4 is 17.2 Å². The number of nitrogens with zero attached hydrogens (tertiary/aromatic N) is 3. The molecule has 2 aromatic rings. The summed E-state index contributed by atoms with van der Waals surface area (Å²) in [5.41, 5.74) is 2.04. The van der Waals surface area contributed by atoms with Gasteiger partial charge in [0.25, 0.3) is 0 Å². The van der Waals surface area contributed by atoms with Crippen LogP contribution in [0.25, 0.3) is 0 Å². The van der Waals surface area contributed by atoms with Crippen LogP contribution in [0.3, 0.4) is 0 Å². The molecule has 3 rings (SSSR count). The highest BCUT2D eigenvalue weighted by molar-refractivity contribution is 7.09. The number of morpholine rings is 1. The molecule has 1 fully saturated rings. The van der Waals surface area contributed by atoms with Crippen molar-refractivity contribution < 1.29 is 9.53 Å². The van der Waals surface area contributed by atoms with Crippen LogP contribution in [0, 0.1) is 0 Å². The average molecular weight is 402 g/mol. The Balaban J connectivity index is 1.70. The Morgan fingerprint density at radius 1 is 1.21 bits per heavy atom. The first-order valence-electron chi connectivity index (χ1n) is 10.1. The molecular weight excluding hydrogens is 370 g/mol. The van der Waals surface area contributed by atoms with Gasteiger partial charge in [-0.25, -0.2) is 4.98 Å². The van der Waals surface area contributed by atoms with Crippen LogP contribution in [0.15, 0.2) is 35.7 Å². The van der Waals surface area contributed by atoms with Gasteiger partial charge in [0.2, 0.25) is 5.91 Å². The first-order chi connectivity index (χ1) is 13.5. The van der Waals surface area contributed by atoms with E-state index in [1.807, 2.05) is 28.5 Å². The number of rotatable bonds is 8. The number of carbonyl (C=O) groups is 1. The van der Waals surface area contributed by atoms with Crippen molar-refractivity contribution in [2.45, 2.75) is 45.7 Å². The maximum atomic E-state index is 13.2. The molecule has 0 saturated carbocycles. The van der Waals surface area contributed by atoms with Crippen LogP contribution < -0.4 is 0 Å². The summed E-state index contributed by atoms with van der Waals surface area (Å²) in [5, 5.41) is 3.12. The van der Waals surface area contributed by atoms with Gasteiger partial charge >= 0.3 is 0 Å². The van der Waals surface area contributed by atoms with Gasteiger partial charge in [-0.05, 0) is 12.5 Å². The number of thiazole rings is 1. The normalized spacial score (nSPS) is 16.3. The highest BCUT2D eigenvalue weighted by Gasteiger charge is 2.24. The molecule has 28 heavy (non-hydrogen) atoms. The summed E-state index contributed by atoms with van der Waals surface area (Å²) in [6.07, 6.45) is 0.365. The van der Waals surface area contributed by atoms with Gasteiger partial charge in [0.1, 0.15) is 0 Å². The molecule has 5 nitrogen and oxygen atoms in total. The molecular formula is C22H31N3O2S. The summed E-state index contributed by atoms with van der Waals surface area (Å²) in [5.74, 6) is 0.541. The van der Waals surface area contributed by atoms with E-state index in [2.05, 4.69) is 42.8 Å². The monoisotopic (exact) mass is 401 g/mol. The molecule has 1 saturated heterocycles. The van der Waals surface area contributed by atoms with E-state index in [0.717, 1.165) is 49.1 Å². The zero-order valence-electron chi connectivity index (χ0n) is 17.1. The molecule has 0 bridgehead atoms. The minimum atomic E-state index is 0.133. The van der Waals surface area contributed by atoms with Crippen molar-refractivity contribution in [2.24, 2.45) is 0 Å². The van der Waals surface area contributed by atoms with Crippen LogP contribution >= 0.6 is 11.3 Å². The number of carbonyl (C=O) groups excluding carboxylic acids is 1. The molecule has 1 aliphatic heterocycles. The molecule has 1 atom stereocenters. The van der Waals surface area contributed by atoms with E-state index in [-0.39, 0.29) is 11.9 Å². The quantitative estimate of drug-likeness (QED) is 0.679. The first-order valence-corrected chi connectivity index (χ1v) is 11.0. The lowest BCUT2D eigenvalue weighted by molar-refractivity contribution is -0.133. The highest BCUT2D eigenvalue weighted by Crippen LogP contribution is 2.20. The second kappa shape index (κ2) is 10.1. The SMILES string of the molecule is CC(C)c1nc(CC(=O)N(Cc2ccccc2)C(C)CN2CCOCC2)cs1. The lowest BCUT2D eigenvalue weighted by atomic mass is 10.1. The van der Waals surface area contributed by atoms with Gasteiger partial charge in [0.15, 0.2) is 0 Å². The van der Waals surface area contributed by atoms with Gasteiger partial charge in [0.05, 0.1) is 30.3 Å². The molecule has 1 amide bonds. The first kappa shape index (κ1) is 21.0. The second-order valence-corrected chi connectivity index (χ2v) is 8.67. The Labute approximate surface area is 172 Å². The second-order valence-electron chi connectivity index (χ2n) is 7.78. The Hall–Kier alpha value is -1.76. The lowest BCUT2D eigenvalue weighted by Gasteiger charge is -2.35. The summed E-state index contributed by atoms with van der Waals surface area (Å²) < 4.78 is 5.46. The number of ether oxygens (including phenoxy) is 1. The maximum absolute atomic E-state index is 13.2. The molecule has 6 heteroatoms. The fourth-order valence-corrected chi connectivity index (χ4v) is 4.29. The molecule has 0 spiro atoms. The molecule has 1 aliphatic rings. The molecule has 1 aromatic heterocycles. The highest BCUT2D eigenvalue weighted by atomic mass is 32.1. The van der Waals surface area contributed by atoms with Gasteiger partial charge in [-0.15, -0.1) is 11.3 Å². The zero-order valence-corrected chi connectivity index (χ0v) is 18.0. The standard InChI is InChI=1S/C22H31N3O2S/c1-17(2)22-23-20(16-28-22)13-21(26)25(15-19-7-5-4-6-8-19)18(3)14-24-9-11-27-12-10-24/h4-8,16-18H,9-15H2,1-3H3. The van der Waals surface area contributed by atoms with Crippen molar-refractivity contribution in [3.05, 3.63) is 52.0 Å². The van der Waals surface area contributed by atoms with Crippen molar-refractivity contribution in [3.63, 3.8) is 0 Å². The van der Waals surface area contributed by atoms with Crippen molar-refractivity contribution in [3.8, 4) is 0 Å². The largest absolute Gasteiger partial charge is 0.379 e. The molecule has 152 valence electrons. The van der Waals surface area contributed by atoms with Crippen LogP contribution in [0.5, 0.6) is 0 Å². The van der Waals surface area contributed by atoms with Gasteiger partial charge < -0.3 is 9.64 Å². The Morgan fingerprint density at radius 2 is 1.93 bits per heavy atom. The van der Waals surface area contributed by atoms with Gasteiger partial charge in [-0.2, -0.15) is 0 Å². The minimum Gasteiger partial charge on any atom is -0.379 e. The van der Waals surface area contributed by atoms with Crippen LogP contribution in [0.4, 0.5) is 0 Å². The number of hydrogen-bond donors (Lipinski definition) is 0. The fraction of sp³-hybridized carbons (Fsp3) is 0.545. The smallest absolute Gasteiger partial charge is 0.229 e. The van der Waals surface area contributed by atoms with Crippen LogP contribution in [0.1, 0.15) is 43.0 Å². The third-order valence-electron chi connectivity index (χ3n) is 5.07. The van der Waals surface area contributed by atoms with Crippen LogP contribution in [-0.4, -0.2) is 59.6 Å². The molecule has 0 aliphatic carbocycles. The van der Waals surface area contributed by atoms with Crippen molar-refractivity contribution in [1.29, 1.82) is 0 Å². The third-order valence-corrected chi connectivity index (χ3v) is 6.26. The minimum absolute atomic E-state index is 0.133. The van der Waals surface area contributed by atoms with E-state index in [1.165, 1.54) is 0 Å². The predicted octanol–water partition coefficient (Wildman–Crippen LogP) is 3.56. The molecule has 0 N–H and O–H groups in total. The lowest BCUT2D eigenvalue weighted by Crippen LogP contribution is -2.48. The Kier molecular flexibility index (Phi) is 7.59. The summed E-state index contributed by atoms with van der Waals surface area (Å²) in [4.78, 5) is 22.3. The Morgan fingerprint density at radius 3 is 2.57 bits per heavy atom. The number of aromatic nitrogens is 1. The van der Waals surface area contributed by atoms with Gasteiger partial charge in [-0.3, -0.25) is 9.69 Å². The Bertz CT molecular complexity index is 741. The number of amides is 1. The van der Waals surface area contributed by atoms with Crippen LogP contribution in [-0.2, 0) is 22.5 Å². The predicted molar refractivity (Wildman–Crippen MR) is 114 cm³/mol. The van der Waals surface area contributed by atoms with Gasteiger partial charge in [-0.1, -0.05) is 44.2 Å². The third kappa shape index (κ3) is 5.87. The molecule has 0 radical (unpaired) electrons. The molecule has 1 aromatic carbocycles. The molecule has 2 heterocycles. The van der Waals surface area contributed by atoms with E-state index in [1.54, 1.807) is 11.3 Å². The van der Waals surface area contributed by atoms with Gasteiger partial charge in [0, 0.05) is 43.5 Å². The van der Waals surface area contributed by atoms with Crippen molar-refractivity contribution in [2.75, 3.05) is 32.8 Å². The van der Waals surface area contributed by atoms with Crippen molar-refractivity contribution in [1.82, 2.24) is 14.8 Å². The van der Waals surface area contributed by atoms with E-state index in [9.17, 15) is 4.79 Å². The average Bonchev–Trinajstić information content (AvgIpc) is 3.16. The topological polar surface area (TPSA) is 45.7 Å². The summed E-state index contributed by atoms with van der Waals surface area (Å²) in [7, 11) is 0. The van der Waals surface area contributed by atoms with Crippen LogP contribution in [0.2, 0.25) is 0 Å². The number of benzene rings is 1. The molecule has 1 unspecified atom stereocenters. The van der Waals surface area contributed by atoms with E-state index >= 15 is 0 Å². The van der Waals surface area contributed by atoms with E-state index < -0.39 is 0 Å². The zero-order chi connectivity index (χ0) is 19.9. The summed E-state index contributed by atoms with van der Waals surface area (Å²) in [6, 6.07) is 10.4. The van der Waals surface area contributed by atoms with E-state index in [0.29, 0.717) is 18.9 Å².